The van der Waals surface area contributed by atoms with Gasteiger partial charge in [-0.1, -0.05) is 26.0 Å². The highest BCUT2D eigenvalue weighted by molar-refractivity contribution is 5.67. The second kappa shape index (κ2) is 6.09. The zero-order valence-corrected chi connectivity index (χ0v) is 11.8. The van der Waals surface area contributed by atoms with Crippen molar-refractivity contribution in [3.63, 3.8) is 0 Å². The van der Waals surface area contributed by atoms with E-state index in [0.29, 0.717) is 6.42 Å². The number of aryl methyl sites for hydroxylation is 1. The van der Waals surface area contributed by atoms with E-state index in [1.807, 2.05) is 0 Å². The second-order valence-corrected chi connectivity index (χ2v) is 5.91. The lowest BCUT2D eigenvalue weighted by Crippen LogP contribution is -2.38. The minimum atomic E-state index is -0.734. The summed E-state index contributed by atoms with van der Waals surface area (Å²) < 4.78 is 0. The van der Waals surface area contributed by atoms with Crippen molar-refractivity contribution in [3.05, 3.63) is 29.8 Å². The van der Waals surface area contributed by atoms with Gasteiger partial charge in [-0.3, -0.25) is 4.79 Å². The molecule has 1 saturated heterocycles. The number of carboxylic acid groups (broad SMARTS) is 1. The molecule has 0 saturated carbocycles. The van der Waals surface area contributed by atoms with Crippen molar-refractivity contribution in [3.8, 4) is 0 Å². The standard InChI is InChI=1S/C16H23NO2/c1-12-9-13(2)11-17(10-12)15-6-3-14(4-7-15)5-8-16(18)19/h3-4,6-7,12-13H,5,8-11H2,1-2H3,(H,18,19). The fraction of sp³-hybridized carbons (Fsp3) is 0.562. The number of hydrogen-bond donors (Lipinski definition) is 1. The van der Waals surface area contributed by atoms with E-state index in [-0.39, 0.29) is 6.42 Å². The fourth-order valence-electron chi connectivity index (χ4n) is 3.00. The quantitative estimate of drug-likeness (QED) is 0.905. The molecule has 2 atom stereocenters. The van der Waals surface area contributed by atoms with Crippen LogP contribution in [0.4, 0.5) is 5.69 Å². The Balaban J connectivity index is 1.99. The summed E-state index contributed by atoms with van der Waals surface area (Å²) in [6, 6.07) is 8.37. The Hall–Kier alpha value is -1.51. The highest BCUT2D eigenvalue weighted by Crippen LogP contribution is 2.26. The lowest BCUT2D eigenvalue weighted by molar-refractivity contribution is -0.136. The first-order valence-corrected chi connectivity index (χ1v) is 7.10. The first-order chi connectivity index (χ1) is 9.04. The first kappa shape index (κ1) is 13.9. The molecule has 104 valence electrons. The molecule has 1 fully saturated rings. The molecule has 0 radical (unpaired) electrons. The second-order valence-electron chi connectivity index (χ2n) is 5.91. The Morgan fingerprint density at radius 2 is 1.79 bits per heavy atom. The highest BCUT2D eigenvalue weighted by atomic mass is 16.4. The number of aliphatic carboxylic acids is 1. The van der Waals surface area contributed by atoms with Crippen LogP contribution in [-0.4, -0.2) is 24.2 Å². The van der Waals surface area contributed by atoms with Crippen molar-refractivity contribution in [1.29, 1.82) is 0 Å². The molecule has 2 unspecified atom stereocenters. The maximum absolute atomic E-state index is 10.6. The normalized spacial score (nSPS) is 23.4. The number of nitrogens with zero attached hydrogens (tertiary/aromatic N) is 1. The molecular formula is C16H23NO2. The predicted molar refractivity (Wildman–Crippen MR) is 77.6 cm³/mol. The molecule has 0 spiro atoms. The van der Waals surface area contributed by atoms with Crippen LogP contribution in [0, 0.1) is 11.8 Å². The maximum atomic E-state index is 10.6. The van der Waals surface area contributed by atoms with E-state index in [1.54, 1.807) is 0 Å². The van der Waals surface area contributed by atoms with Gasteiger partial charge in [0, 0.05) is 25.2 Å². The van der Waals surface area contributed by atoms with E-state index < -0.39 is 5.97 Å². The molecule has 1 heterocycles. The fourth-order valence-corrected chi connectivity index (χ4v) is 3.00. The molecule has 3 nitrogen and oxygen atoms in total. The van der Waals surface area contributed by atoms with Gasteiger partial charge in [0.05, 0.1) is 0 Å². The predicted octanol–water partition coefficient (Wildman–Crippen LogP) is 3.19. The topological polar surface area (TPSA) is 40.5 Å². The van der Waals surface area contributed by atoms with Crippen LogP contribution in [0.1, 0.15) is 32.3 Å². The van der Waals surface area contributed by atoms with Crippen LogP contribution < -0.4 is 4.90 Å². The molecule has 1 aliphatic rings. The first-order valence-electron chi connectivity index (χ1n) is 7.10. The van der Waals surface area contributed by atoms with Gasteiger partial charge >= 0.3 is 5.97 Å². The third kappa shape index (κ3) is 3.98. The summed E-state index contributed by atoms with van der Waals surface area (Å²) in [6.07, 6.45) is 2.13. The summed E-state index contributed by atoms with van der Waals surface area (Å²) in [5.74, 6) is 0.758. The Morgan fingerprint density at radius 3 is 2.32 bits per heavy atom. The van der Waals surface area contributed by atoms with Crippen molar-refractivity contribution in [2.24, 2.45) is 11.8 Å². The van der Waals surface area contributed by atoms with Crippen LogP contribution >= 0.6 is 0 Å². The van der Waals surface area contributed by atoms with Crippen LogP contribution in [0.2, 0.25) is 0 Å². The molecule has 2 rings (SSSR count). The molecule has 1 aromatic rings. The minimum Gasteiger partial charge on any atom is -0.481 e. The number of hydrogen-bond acceptors (Lipinski definition) is 2. The number of piperidine rings is 1. The average molecular weight is 261 g/mol. The van der Waals surface area contributed by atoms with E-state index in [9.17, 15) is 4.79 Å². The van der Waals surface area contributed by atoms with E-state index in [4.69, 9.17) is 5.11 Å². The Kier molecular flexibility index (Phi) is 4.46. The molecule has 1 aromatic carbocycles. The zero-order valence-electron chi connectivity index (χ0n) is 11.8. The van der Waals surface area contributed by atoms with Crippen molar-refractivity contribution in [1.82, 2.24) is 0 Å². The van der Waals surface area contributed by atoms with Crippen molar-refractivity contribution >= 4 is 11.7 Å². The van der Waals surface area contributed by atoms with Crippen LogP contribution in [0.5, 0.6) is 0 Å². The average Bonchev–Trinajstić information content (AvgIpc) is 2.36. The number of carboxylic acids is 1. The van der Waals surface area contributed by atoms with Gasteiger partial charge < -0.3 is 10.0 Å². The van der Waals surface area contributed by atoms with Gasteiger partial charge in [0.25, 0.3) is 0 Å². The van der Waals surface area contributed by atoms with Crippen LogP contribution in [0.3, 0.4) is 0 Å². The highest BCUT2D eigenvalue weighted by Gasteiger charge is 2.21. The summed E-state index contributed by atoms with van der Waals surface area (Å²) in [6.45, 7) is 6.87. The molecule has 1 aliphatic heterocycles. The van der Waals surface area contributed by atoms with Gasteiger partial charge in [-0.15, -0.1) is 0 Å². The number of benzene rings is 1. The van der Waals surface area contributed by atoms with Crippen molar-refractivity contribution in [2.75, 3.05) is 18.0 Å². The monoisotopic (exact) mass is 261 g/mol. The lowest BCUT2D eigenvalue weighted by atomic mass is 9.91. The van der Waals surface area contributed by atoms with Crippen LogP contribution in [0.25, 0.3) is 0 Å². The number of carbonyl (C=O) groups is 1. The van der Waals surface area contributed by atoms with Gasteiger partial charge in [0.15, 0.2) is 0 Å². The molecule has 3 heteroatoms. The van der Waals surface area contributed by atoms with Crippen molar-refractivity contribution in [2.45, 2.75) is 33.1 Å². The molecule has 0 bridgehead atoms. The third-order valence-corrected chi connectivity index (χ3v) is 3.80. The molecule has 0 amide bonds. The smallest absolute Gasteiger partial charge is 0.303 e. The SMILES string of the molecule is CC1CC(C)CN(c2ccc(CCC(=O)O)cc2)C1. The van der Waals surface area contributed by atoms with Gasteiger partial charge in [-0.2, -0.15) is 0 Å². The number of rotatable bonds is 4. The summed E-state index contributed by atoms with van der Waals surface area (Å²) in [7, 11) is 0. The Bertz CT molecular complexity index is 417. The van der Waals surface area contributed by atoms with Crippen molar-refractivity contribution < 1.29 is 9.90 Å². The third-order valence-electron chi connectivity index (χ3n) is 3.80. The Morgan fingerprint density at radius 1 is 1.21 bits per heavy atom. The van der Waals surface area contributed by atoms with Crippen LogP contribution in [0.15, 0.2) is 24.3 Å². The van der Waals surface area contributed by atoms with Gasteiger partial charge in [0.1, 0.15) is 0 Å². The van der Waals surface area contributed by atoms with Crippen LogP contribution in [-0.2, 0) is 11.2 Å². The lowest BCUT2D eigenvalue weighted by Gasteiger charge is -2.36. The van der Waals surface area contributed by atoms with Gasteiger partial charge in [-0.05, 0) is 42.4 Å². The molecule has 1 N–H and O–H groups in total. The maximum Gasteiger partial charge on any atom is 0.303 e. The molecule has 19 heavy (non-hydrogen) atoms. The molecular weight excluding hydrogens is 238 g/mol. The minimum absolute atomic E-state index is 0.205. The van der Waals surface area contributed by atoms with E-state index >= 15 is 0 Å². The summed E-state index contributed by atoms with van der Waals surface area (Å²) in [5, 5.41) is 8.68. The van der Waals surface area contributed by atoms with E-state index in [1.165, 1.54) is 12.1 Å². The summed E-state index contributed by atoms with van der Waals surface area (Å²) in [5.41, 5.74) is 2.36. The Labute approximate surface area is 115 Å². The largest absolute Gasteiger partial charge is 0.481 e. The summed E-state index contributed by atoms with van der Waals surface area (Å²) >= 11 is 0. The van der Waals surface area contributed by atoms with E-state index in [0.717, 1.165) is 30.5 Å². The number of anilines is 1. The van der Waals surface area contributed by atoms with E-state index in [2.05, 4.69) is 43.0 Å². The zero-order chi connectivity index (χ0) is 13.8. The summed E-state index contributed by atoms with van der Waals surface area (Å²) in [4.78, 5) is 13.0. The molecule has 0 aromatic heterocycles. The molecule has 0 aliphatic carbocycles. The van der Waals surface area contributed by atoms with Gasteiger partial charge in [0.2, 0.25) is 0 Å². The van der Waals surface area contributed by atoms with Gasteiger partial charge in [-0.25, -0.2) is 0 Å².